The molecule has 3 aromatic rings. The van der Waals surface area contributed by atoms with Crippen LogP contribution in [-0.4, -0.2) is 63.5 Å². The number of hydrogen-bond donors (Lipinski definition) is 2. The maximum Gasteiger partial charge on any atom is 0.308 e. The van der Waals surface area contributed by atoms with Gasteiger partial charge in [-0.25, -0.2) is 4.98 Å². The molecule has 34 heavy (non-hydrogen) atoms. The van der Waals surface area contributed by atoms with E-state index < -0.39 is 18.0 Å². The number of aliphatic hydroxyl groups is 1. The summed E-state index contributed by atoms with van der Waals surface area (Å²) < 4.78 is 5.33. The van der Waals surface area contributed by atoms with Gasteiger partial charge >= 0.3 is 5.97 Å². The lowest BCUT2D eigenvalue weighted by Crippen LogP contribution is -2.44. The Balaban J connectivity index is 1.34. The van der Waals surface area contributed by atoms with E-state index in [0.717, 1.165) is 46.8 Å². The highest BCUT2D eigenvalue weighted by atomic mass is 32.2. The van der Waals surface area contributed by atoms with Crippen molar-refractivity contribution in [2.45, 2.75) is 30.4 Å². The Kier molecular flexibility index (Phi) is 8.37. The normalized spacial score (nSPS) is 19.7. The number of methoxy groups -OCH3 is 1. The molecule has 3 heterocycles. The molecule has 2 aromatic heterocycles. The Labute approximate surface area is 204 Å². The molecule has 0 amide bonds. The van der Waals surface area contributed by atoms with Gasteiger partial charge in [0.15, 0.2) is 0 Å². The van der Waals surface area contributed by atoms with Crippen molar-refractivity contribution in [2.24, 2.45) is 11.8 Å². The molecule has 2 N–H and O–H groups in total. The number of piperidine rings is 1. The number of hydrogen-bond acceptors (Lipinski definition) is 7. The SMILES string of the molecule is COc1ccc2nccc(C(O)CC[C@@H]3CCN(CCSc4ccccn4)C[C@@H]3C(=O)O)c2c1. The van der Waals surface area contributed by atoms with E-state index in [-0.39, 0.29) is 5.92 Å². The first kappa shape index (κ1) is 24.4. The van der Waals surface area contributed by atoms with Crippen molar-refractivity contribution in [1.82, 2.24) is 14.9 Å². The summed E-state index contributed by atoms with van der Waals surface area (Å²) in [5.74, 6) is 0.476. The van der Waals surface area contributed by atoms with Crippen molar-refractivity contribution in [3.63, 3.8) is 0 Å². The van der Waals surface area contributed by atoms with E-state index in [4.69, 9.17) is 4.74 Å². The Morgan fingerprint density at radius 3 is 2.88 bits per heavy atom. The predicted molar refractivity (Wildman–Crippen MR) is 133 cm³/mol. The number of rotatable bonds is 10. The number of likely N-dealkylation sites (tertiary alicyclic amines) is 1. The molecule has 1 saturated heterocycles. The lowest BCUT2D eigenvalue weighted by Gasteiger charge is -2.36. The van der Waals surface area contributed by atoms with E-state index in [9.17, 15) is 15.0 Å². The zero-order valence-corrected chi connectivity index (χ0v) is 20.2. The first-order valence-electron chi connectivity index (χ1n) is 11.6. The number of pyridine rings is 2. The van der Waals surface area contributed by atoms with Crippen molar-refractivity contribution in [1.29, 1.82) is 0 Å². The van der Waals surface area contributed by atoms with Gasteiger partial charge in [-0.05, 0) is 73.7 Å². The molecule has 1 aliphatic rings. The number of carboxylic acids is 1. The average Bonchev–Trinajstić information content (AvgIpc) is 2.87. The number of nitrogens with zero attached hydrogens (tertiary/aromatic N) is 3. The van der Waals surface area contributed by atoms with Crippen molar-refractivity contribution in [3.8, 4) is 5.75 Å². The fraction of sp³-hybridized carbons (Fsp3) is 0.423. The van der Waals surface area contributed by atoms with Gasteiger partial charge in [-0.2, -0.15) is 0 Å². The molecule has 4 rings (SSSR count). The van der Waals surface area contributed by atoms with Gasteiger partial charge in [0.2, 0.25) is 0 Å². The van der Waals surface area contributed by atoms with E-state index in [1.54, 1.807) is 31.3 Å². The van der Waals surface area contributed by atoms with Gasteiger partial charge in [-0.1, -0.05) is 6.07 Å². The molecule has 0 bridgehead atoms. The number of carbonyl (C=O) groups is 1. The summed E-state index contributed by atoms with van der Waals surface area (Å²) in [5, 5.41) is 22.7. The lowest BCUT2D eigenvalue weighted by molar-refractivity contribution is -0.146. The van der Waals surface area contributed by atoms with Gasteiger partial charge < -0.3 is 19.8 Å². The molecule has 1 aromatic carbocycles. The Bertz CT molecular complexity index is 1100. The Morgan fingerprint density at radius 2 is 2.12 bits per heavy atom. The summed E-state index contributed by atoms with van der Waals surface area (Å²) in [4.78, 5) is 23.0. The number of benzene rings is 1. The van der Waals surface area contributed by atoms with Crippen LogP contribution in [0.3, 0.4) is 0 Å². The van der Waals surface area contributed by atoms with Crippen LogP contribution in [0.5, 0.6) is 5.75 Å². The van der Waals surface area contributed by atoms with E-state index in [1.807, 2.05) is 42.5 Å². The molecule has 0 aliphatic carbocycles. The van der Waals surface area contributed by atoms with Crippen LogP contribution in [0.4, 0.5) is 0 Å². The van der Waals surface area contributed by atoms with Gasteiger partial charge in [-0.15, -0.1) is 11.8 Å². The minimum atomic E-state index is -0.749. The fourth-order valence-electron chi connectivity index (χ4n) is 4.70. The molecule has 3 atom stereocenters. The highest BCUT2D eigenvalue weighted by molar-refractivity contribution is 7.99. The summed E-state index contributed by atoms with van der Waals surface area (Å²) in [6.07, 6.45) is 4.81. The van der Waals surface area contributed by atoms with Gasteiger partial charge in [0, 0.05) is 36.6 Å². The molecule has 7 nitrogen and oxygen atoms in total. The Hall–Kier alpha value is -2.68. The molecule has 180 valence electrons. The zero-order valence-electron chi connectivity index (χ0n) is 19.3. The topological polar surface area (TPSA) is 95.8 Å². The lowest BCUT2D eigenvalue weighted by atomic mass is 9.81. The molecular formula is C26H31N3O4S. The van der Waals surface area contributed by atoms with E-state index in [2.05, 4.69) is 14.9 Å². The highest BCUT2D eigenvalue weighted by Gasteiger charge is 2.34. The number of aromatic nitrogens is 2. The summed E-state index contributed by atoms with van der Waals surface area (Å²) in [6.45, 7) is 2.27. The number of fused-ring (bicyclic) bond motifs is 1. The number of ether oxygens (including phenoxy) is 1. The molecule has 1 fully saturated rings. The Morgan fingerprint density at radius 1 is 1.24 bits per heavy atom. The summed E-state index contributed by atoms with van der Waals surface area (Å²) in [6, 6.07) is 13.3. The van der Waals surface area contributed by atoms with Gasteiger partial charge in [-0.3, -0.25) is 9.78 Å². The third-order valence-electron chi connectivity index (χ3n) is 6.60. The minimum Gasteiger partial charge on any atom is -0.497 e. The summed E-state index contributed by atoms with van der Waals surface area (Å²) >= 11 is 1.69. The van der Waals surface area contributed by atoms with Crippen molar-refractivity contribution in [2.75, 3.05) is 32.5 Å². The fourth-order valence-corrected chi connectivity index (χ4v) is 5.57. The second-order valence-electron chi connectivity index (χ2n) is 8.69. The maximum atomic E-state index is 12.0. The number of thioether (sulfide) groups is 1. The maximum absolute atomic E-state index is 12.0. The van der Waals surface area contributed by atoms with Crippen LogP contribution in [0, 0.1) is 11.8 Å². The van der Waals surface area contributed by atoms with E-state index in [0.29, 0.717) is 25.1 Å². The molecule has 0 spiro atoms. The first-order valence-corrected chi connectivity index (χ1v) is 12.6. The standard InChI is InChI=1S/C26H31N3O4S/c1-33-19-6-7-23-21(16-19)20(9-12-27-23)24(30)8-5-18-10-13-29(17-22(18)26(31)32)14-15-34-25-4-2-3-11-28-25/h2-4,6-7,9,11-12,16,18,22,24,30H,5,8,10,13-15,17H2,1H3,(H,31,32)/t18-,22+,24?/m1/s1. The van der Waals surface area contributed by atoms with E-state index in [1.165, 1.54) is 0 Å². The van der Waals surface area contributed by atoms with Crippen molar-refractivity contribution in [3.05, 3.63) is 60.4 Å². The molecular weight excluding hydrogens is 450 g/mol. The number of carboxylic acid groups (broad SMARTS) is 1. The number of aliphatic carboxylic acids is 1. The van der Waals surface area contributed by atoms with Gasteiger partial charge in [0.25, 0.3) is 0 Å². The molecule has 1 unspecified atom stereocenters. The average molecular weight is 482 g/mol. The largest absolute Gasteiger partial charge is 0.497 e. The first-order chi connectivity index (χ1) is 16.5. The van der Waals surface area contributed by atoms with Crippen LogP contribution in [0.15, 0.2) is 59.9 Å². The molecule has 0 radical (unpaired) electrons. The second-order valence-corrected chi connectivity index (χ2v) is 9.80. The third kappa shape index (κ3) is 6.05. The van der Waals surface area contributed by atoms with Crippen LogP contribution in [0.25, 0.3) is 10.9 Å². The summed E-state index contributed by atoms with van der Waals surface area (Å²) in [7, 11) is 1.61. The van der Waals surface area contributed by atoms with Gasteiger partial charge in [0.05, 0.1) is 29.7 Å². The number of aliphatic hydroxyl groups excluding tert-OH is 1. The van der Waals surface area contributed by atoms with Crippen LogP contribution in [0.1, 0.15) is 30.9 Å². The molecule has 0 saturated carbocycles. The second kappa shape index (κ2) is 11.6. The summed E-state index contributed by atoms with van der Waals surface area (Å²) in [5.41, 5.74) is 1.61. The quantitative estimate of drug-likeness (QED) is 0.415. The van der Waals surface area contributed by atoms with Gasteiger partial charge in [0.1, 0.15) is 5.75 Å². The minimum absolute atomic E-state index is 0.0504. The zero-order chi connectivity index (χ0) is 23.9. The monoisotopic (exact) mass is 481 g/mol. The predicted octanol–water partition coefficient (Wildman–Crippen LogP) is 4.27. The van der Waals surface area contributed by atoms with Crippen molar-refractivity contribution < 1.29 is 19.7 Å². The smallest absolute Gasteiger partial charge is 0.308 e. The van der Waals surface area contributed by atoms with Crippen LogP contribution < -0.4 is 4.74 Å². The van der Waals surface area contributed by atoms with Crippen LogP contribution >= 0.6 is 11.8 Å². The highest BCUT2D eigenvalue weighted by Crippen LogP contribution is 2.34. The van der Waals surface area contributed by atoms with Crippen LogP contribution in [0.2, 0.25) is 0 Å². The van der Waals surface area contributed by atoms with Crippen LogP contribution in [-0.2, 0) is 4.79 Å². The molecule has 1 aliphatic heterocycles. The van der Waals surface area contributed by atoms with Crippen molar-refractivity contribution >= 4 is 28.6 Å². The van der Waals surface area contributed by atoms with E-state index >= 15 is 0 Å². The molecule has 8 heteroatoms. The third-order valence-corrected chi connectivity index (χ3v) is 7.53.